The van der Waals surface area contributed by atoms with Crippen LogP contribution in [-0.4, -0.2) is 36.4 Å². The first-order valence-electron chi connectivity index (χ1n) is 10.5. The lowest BCUT2D eigenvalue weighted by molar-refractivity contribution is -0.118. The zero-order chi connectivity index (χ0) is 23.0. The Kier molecular flexibility index (Phi) is 7.74. The predicted octanol–water partition coefficient (Wildman–Crippen LogP) is 4.37. The third-order valence-electron chi connectivity index (χ3n) is 4.67. The molecule has 0 saturated heterocycles. The number of thioether (sulfide) groups is 2. The smallest absolute Gasteiger partial charge is 0.230 e. The van der Waals surface area contributed by atoms with E-state index >= 15 is 0 Å². The van der Waals surface area contributed by atoms with E-state index in [4.69, 9.17) is 0 Å². The molecule has 0 fully saturated rings. The molecule has 1 amide bonds. The zero-order valence-corrected chi connectivity index (χ0v) is 20.1. The summed E-state index contributed by atoms with van der Waals surface area (Å²) >= 11 is 2.89. The summed E-state index contributed by atoms with van der Waals surface area (Å²) in [5, 5.41) is 13.1. The zero-order valence-electron chi connectivity index (χ0n) is 18.4. The van der Waals surface area contributed by atoms with Gasteiger partial charge >= 0.3 is 0 Å². The number of carbonyl (C=O) groups excluding carboxylic acids is 1. The number of para-hydroxylation sites is 1. The van der Waals surface area contributed by atoms with Crippen LogP contribution in [0.3, 0.4) is 0 Å². The lowest BCUT2D eigenvalue weighted by Gasteiger charge is -2.10. The molecule has 0 aliphatic heterocycles. The summed E-state index contributed by atoms with van der Waals surface area (Å²) in [5.41, 5.74) is 3.89. The average molecular weight is 477 g/mol. The van der Waals surface area contributed by atoms with Crippen molar-refractivity contribution in [1.82, 2.24) is 30.0 Å². The van der Waals surface area contributed by atoms with Gasteiger partial charge in [0.2, 0.25) is 5.91 Å². The number of rotatable bonds is 9. The molecule has 1 N–H and O–H groups in total. The topological polar surface area (TPSA) is 85.6 Å². The van der Waals surface area contributed by atoms with Crippen molar-refractivity contribution in [1.29, 1.82) is 0 Å². The molecule has 33 heavy (non-hydrogen) atoms. The van der Waals surface area contributed by atoms with Crippen LogP contribution in [0.15, 0.2) is 77.0 Å². The maximum absolute atomic E-state index is 12.4. The molecular weight excluding hydrogens is 452 g/mol. The molecule has 0 unspecified atom stereocenters. The van der Waals surface area contributed by atoms with Gasteiger partial charge in [-0.2, -0.15) is 0 Å². The van der Waals surface area contributed by atoms with Gasteiger partial charge in [-0.1, -0.05) is 72.1 Å². The number of amides is 1. The highest BCUT2D eigenvalue weighted by Crippen LogP contribution is 2.26. The molecule has 2 heterocycles. The molecule has 7 nitrogen and oxygen atoms in total. The number of aryl methyl sites for hydroxylation is 2. The van der Waals surface area contributed by atoms with Crippen molar-refractivity contribution in [3.8, 4) is 5.69 Å². The van der Waals surface area contributed by atoms with Crippen LogP contribution < -0.4 is 5.32 Å². The summed E-state index contributed by atoms with van der Waals surface area (Å²) in [4.78, 5) is 21.4. The van der Waals surface area contributed by atoms with E-state index in [-0.39, 0.29) is 11.7 Å². The van der Waals surface area contributed by atoms with E-state index < -0.39 is 0 Å². The first-order chi connectivity index (χ1) is 16.1. The number of hydrogen-bond acceptors (Lipinski definition) is 7. The van der Waals surface area contributed by atoms with E-state index in [9.17, 15) is 4.79 Å². The fraction of sp³-hybridized carbons (Fsp3) is 0.208. The molecule has 4 rings (SSSR count). The summed E-state index contributed by atoms with van der Waals surface area (Å²) in [6.07, 6.45) is 0. The third kappa shape index (κ3) is 6.43. The van der Waals surface area contributed by atoms with Crippen molar-refractivity contribution in [3.05, 3.63) is 89.5 Å². The molecule has 0 spiro atoms. The van der Waals surface area contributed by atoms with Crippen LogP contribution in [0.4, 0.5) is 0 Å². The van der Waals surface area contributed by atoms with Gasteiger partial charge in [0.15, 0.2) is 10.3 Å². The van der Waals surface area contributed by atoms with Crippen molar-refractivity contribution in [2.75, 3.05) is 5.75 Å². The molecule has 168 valence electrons. The number of nitrogens with one attached hydrogen (secondary N) is 1. The Labute approximate surface area is 201 Å². The molecule has 2 aromatic carbocycles. The number of nitrogens with zero attached hydrogens (tertiary/aromatic N) is 5. The van der Waals surface area contributed by atoms with E-state index in [1.807, 2.05) is 85.1 Å². The van der Waals surface area contributed by atoms with Gasteiger partial charge in [0, 0.05) is 23.6 Å². The Bertz CT molecular complexity index is 1190. The standard InChI is InChI=1S/C24H24N6OS2/c1-17-13-18(2)27-23(26-17)32-15-21-28-29-24(30(21)20-11-7-4-8-12-20)33-16-22(31)25-14-19-9-5-3-6-10-19/h3-13H,14-16H2,1-2H3,(H,25,31). The van der Waals surface area contributed by atoms with E-state index in [1.54, 1.807) is 0 Å². The van der Waals surface area contributed by atoms with Gasteiger partial charge in [-0.3, -0.25) is 9.36 Å². The summed E-state index contributed by atoms with van der Waals surface area (Å²) in [7, 11) is 0. The number of benzene rings is 2. The summed E-state index contributed by atoms with van der Waals surface area (Å²) in [6, 6.07) is 21.7. The van der Waals surface area contributed by atoms with E-state index in [0.717, 1.165) is 28.5 Å². The number of aromatic nitrogens is 5. The highest BCUT2D eigenvalue weighted by molar-refractivity contribution is 7.99. The molecule has 9 heteroatoms. The Balaban J connectivity index is 1.46. The highest BCUT2D eigenvalue weighted by Gasteiger charge is 2.17. The van der Waals surface area contributed by atoms with Gasteiger partial charge < -0.3 is 5.32 Å². The Morgan fingerprint density at radius 2 is 1.58 bits per heavy atom. The van der Waals surface area contributed by atoms with Crippen molar-refractivity contribution < 1.29 is 4.79 Å². The first kappa shape index (κ1) is 23.0. The Hall–Kier alpha value is -3.17. The summed E-state index contributed by atoms with van der Waals surface area (Å²) in [5.74, 6) is 1.55. The van der Waals surface area contributed by atoms with Crippen molar-refractivity contribution in [3.63, 3.8) is 0 Å². The minimum absolute atomic E-state index is 0.0500. The molecule has 2 aromatic heterocycles. The van der Waals surface area contributed by atoms with E-state index in [1.165, 1.54) is 23.5 Å². The summed E-state index contributed by atoms with van der Waals surface area (Å²) in [6.45, 7) is 4.43. The number of carbonyl (C=O) groups is 1. The van der Waals surface area contributed by atoms with Gasteiger partial charge in [-0.05, 0) is 37.6 Å². The monoisotopic (exact) mass is 476 g/mol. The quantitative estimate of drug-likeness (QED) is 0.283. The van der Waals surface area contributed by atoms with Crippen molar-refractivity contribution in [2.24, 2.45) is 0 Å². The van der Waals surface area contributed by atoms with Crippen LogP contribution in [-0.2, 0) is 17.1 Å². The summed E-state index contributed by atoms with van der Waals surface area (Å²) < 4.78 is 1.99. The molecule has 4 aromatic rings. The van der Waals surface area contributed by atoms with Gasteiger partial charge in [0.25, 0.3) is 0 Å². The minimum Gasteiger partial charge on any atom is -0.351 e. The molecule has 0 radical (unpaired) electrons. The maximum Gasteiger partial charge on any atom is 0.230 e. The Morgan fingerprint density at radius 1 is 0.909 bits per heavy atom. The fourth-order valence-corrected chi connectivity index (χ4v) is 4.85. The van der Waals surface area contributed by atoms with Gasteiger partial charge in [0.05, 0.1) is 11.5 Å². The van der Waals surface area contributed by atoms with Crippen LogP contribution in [0.5, 0.6) is 0 Å². The van der Waals surface area contributed by atoms with Crippen LogP contribution in [0, 0.1) is 13.8 Å². The average Bonchev–Trinajstić information content (AvgIpc) is 3.23. The second kappa shape index (κ2) is 11.1. The molecule has 0 bridgehead atoms. The van der Waals surface area contributed by atoms with E-state index in [0.29, 0.717) is 22.6 Å². The van der Waals surface area contributed by atoms with Crippen molar-refractivity contribution >= 4 is 29.4 Å². The van der Waals surface area contributed by atoms with E-state index in [2.05, 4.69) is 25.5 Å². The van der Waals surface area contributed by atoms with Crippen LogP contribution in [0.25, 0.3) is 5.69 Å². The highest BCUT2D eigenvalue weighted by atomic mass is 32.2. The van der Waals surface area contributed by atoms with Crippen molar-refractivity contribution in [2.45, 2.75) is 36.5 Å². The van der Waals surface area contributed by atoms with Gasteiger partial charge in [-0.25, -0.2) is 9.97 Å². The Morgan fingerprint density at radius 3 is 2.27 bits per heavy atom. The van der Waals surface area contributed by atoms with Gasteiger partial charge in [-0.15, -0.1) is 10.2 Å². The molecule has 0 saturated carbocycles. The second-order valence-corrected chi connectivity index (χ2v) is 9.23. The minimum atomic E-state index is -0.0500. The van der Waals surface area contributed by atoms with Crippen LogP contribution >= 0.6 is 23.5 Å². The van der Waals surface area contributed by atoms with Crippen LogP contribution in [0.1, 0.15) is 22.8 Å². The molecule has 0 aliphatic rings. The molecule has 0 atom stereocenters. The fourth-order valence-electron chi connectivity index (χ4n) is 3.19. The number of hydrogen-bond donors (Lipinski definition) is 1. The molecule has 0 aliphatic carbocycles. The molecular formula is C24H24N6OS2. The second-order valence-electron chi connectivity index (χ2n) is 7.34. The van der Waals surface area contributed by atoms with Gasteiger partial charge in [0.1, 0.15) is 5.82 Å². The first-order valence-corrected chi connectivity index (χ1v) is 12.4. The largest absolute Gasteiger partial charge is 0.351 e. The lowest BCUT2D eigenvalue weighted by Crippen LogP contribution is -2.24. The third-order valence-corrected chi connectivity index (χ3v) is 6.44. The van der Waals surface area contributed by atoms with Crippen LogP contribution in [0.2, 0.25) is 0 Å². The maximum atomic E-state index is 12.4. The lowest BCUT2D eigenvalue weighted by atomic mass is 10.2. The SMILES string of the molecule is Cc1cc(C)nc(SCc2nnc(SCC(=O)NCc3ccccc3)n2-c2ccccc2)n1. The normalized spacial score (nSPS) is 10.8. The predicted molar refractivity (Wildman–Crippen MR) is 131 cm³/mol.